The number of carboxylic acid groups (broad SMARTS) is 1. The van der Waals surface area contributed by atoms with Crippen LogP contribution in [0.3, 0.4) is 0 Å². The van der Waals surface area contributed by atoms with Crippen molar-refractivity contribution in [2.45, 2.75) is 43.5 Å². The highest BCUT2D eigenvalue weighted by Crippen LogP contribution is 2.37. The normalized spacial score (nSPS) is 23.6. The molecule has 1 unspecified atom stereocenters. The predicted octanol–water partition coefficient (Wildman–Crippen LogP) is 1.73. The molecule has 2 aliphatic heterocycles. The van der Waals surface area contributed by atoms with Gasteiger partial charge in [0.1, 0.15) is 10.7 Å². The summed E-state index contributed by atoms with van der Waals surface area (Å²) < 4.78 is 37.9. The minimum Gasteiger partial charge on any atom is -0.475 e. The Balaban J connectivity index is 1.88. The number of sulfonamides is 1. The molecule has 1 aromatic heterocycles. The van der Waals surface area contributed by atoms with Gasteiger partial charge in [0.05, 0.1) is 0 Å². The van der Waals surface area contributed by atoms with Crippen molar-refractivity contribution < 1.29 is 27.5 Å². The van der Waals surface area contributed by atoms with E-state index in [1.807, 2.05) is 0 Å². The van der Waals surface area contributed by atoms with Crippen LogP contribution in [-0.2, 0) is 21.2 Å². The summed E-state index contributed by atoms with van der Waals surface area (Å²) in [6, 6.07) is 1.12. The summed E-state index contributed by atoms with van der Waals surface area (Å²) in [5.74, 6) is -1.07. The van der Waals surface area contributed by atoms with Crippen molar-refractivity contribution >= 4 is 16.0 Å². The van der Waals surface area contributed by atoms with Crippen molar-refractivity contribution in [3.8, 4) is 0 Å². The number of aromatic carboxylic acids is 1. The number of carboxylic acids is 1. The average Bonchev–Trinajstić information content (AvgIpc) is 2.92. The second kappa shape index (κ2) is 6.26. The molecule has 1 N–H and O–H groups in total. The summed E-state index contributed by atoms with van der Waals surface area (Å²) >= 11 is 0. The standard InChI is InChI=1S/C15H21NO6S/c1-2-12-14(9-13(22-12)15(17)18)23(19,20)16-6-3-11(16)10-4-7-21-8-5-10/h9-11H,2-8H2,1H3,(H,17,18). The van der Waals surface area contributed by atoms with Crippen molar-refractivity contribution in [2.75, 3.05) is 19.8 Å². The highest BCUT2D eigenvalue weighted by molar-refractivity contribution is 7.89. The molecule has 0 radical (unpaired) electrons. The Morgan fingerprint density at radius 3 is 2.57 bits per heavy atom. The van der Waals surface area contributed by atoms with Crippen molar-refractivity contribution in [1.82, 2.24) is 4.31 Å². The van der Waals surface area contributed by atoms with E-state index in [2.05, 4.69) is 0 Å². The topological polar surface area (TPSA) is 97.0 Å². The number of furan rings is 1. The molecular weight excluding hydrogens is 322 g/mol. The molecular formula is C15H21NO6S. The third kappa shape index (κ3) is 2.90. The number of aryl methyl sites for hydroxylation is 1. The molecule has 0 spiro atoms. The molecule has 2 saturated heterocycles. The van der Waals surface area contributed by atoms with E-state index >= 15 is 0 Å². The molecule has 0 amide bonds. The molecule has 0 aliphatic carbocycles. The SMILES string of the molecule is CCc1oc(C(=O)O)cc1S(=O)(=O)N1CCC1C1CCOCC1. The monoisotopic (exact) mass is 343 g/mol. The first-order chi connectivity index (χ1) is 10.9. The van der Waals surface area contributed by atoms with E-state index in [0.29, 0.717) is 32.1 Å². The van der Waals surface area contributed by atoms with Crippen molar-refractivity contribution in [2.24, 2.45) is 5.92 Å². The highest BCUT2D eigenvalue weighted by atomic mass is 32.2. The van der Waals surface area contributed by atoms with Crippen LogP contribution in [0, 0.1) is 5.92 Å². The molecule has 0 bridgehead atoms. The molecule has 1 atom stereocenters. The lowest BCUT2D eigenvalue weighted by molar-refractivity contribution is 0.0191. The Kier molecular flexibility index (Phi) is 4.48. The van der Waals surface area contributed by atoms with Gasteiger partial charge in [-0.3, -0.25) is 0 Å². The average molecular weight is 343 g/mol. The Hall–Kier alpha value is -1.38. The number of carbonyl (C=O) groups is 1. The molecule has 2 aliphatic rings. The van der Waals surface area contributed by atoms with Crippen LogP contribution in [0.25, 0.3) is 0 Å². The number of ether oxygens (including phenoxy) is 1. The largest absolute Gasteiger partial charge is 0.475 e. The van der Waals surface area contributed by atoms with E-state index in [4.69, 9.17) is 14.3 Å². The van der Waals surface area contributed by atoms with Crippen LogP contribution in [0.15, 0.2) is 15.4 Å². The van der Waals surface area contributed by atoms with E-state index < -0.39 is 16.0 Å². The second-order valence-electron chi connectivity index (χ2n) is 5.98. The molecule has 7 nitrogen and oxygen atoms in total. The lowest BCUT2D eigenvalue weighted by Crippen LogP contribution is -2.55. The first-order valence-corrected chi connectivity index (χ1v) is 9.34. The maximum absolute atomic E-state index is 12.9. The minimum atomic E-state index is -3.72. The fourth-order valence-corrected chi connectivity index (χ4v) is 5.32. The Morgan fingerprint density at radius 2 is 2.04 bits per heavy atom. The van der Waals surface area contributed by atoms with Gasteiger partial charge in [0, 0.05) is 38.3 Å². The second-order valence-corrected chi connectivity index (χ2v) is 7.84. The summed E-state index contributed by atoms with van der Waals surface area (Å²) in [5, 5.41) is 9.03. The minimum absolute atomic E-state index is 0.00541. The van der Waals surface area contributed by atoms with E-state index in [-0.39, 0.29) is 22.5 Å². The van der Waals surface area contributed by atoms with Gasteiger partial charge in [-0.05, 0) is 25.2 Å². The van der Waals surface area contributed by atoms with Crippen LogP contribution in [0.5, 0.6) is 0 Å². The summed E-state index contributed by atoms with van der Waals surface area (Å²) in [6.07, 6.45) is 2.90. The summed E-state index contributed by atoms with van der Waals surface area (Å²) in [7, 11) is -3.72. The summed E-state index contributed by atoms with van der Waals surface area (Å²) in [4.78, 5) is 11.1. The summed E-state index contributed by atoms with van der Waals surface area (Å²) in [6.45, 7) is 3.56. The van der Waals surface area contributed by atoms with Gasteiger partial charge in [-0.25, -0.2) is 13.2 Å². The van der Waals surface area contributed by atoms with Gasteiger partial charge in [0.2, 0.25) is 15.8 Å². The van der Waals surface area contributed by atoms with Crippen molar-refractivity contribution in [3.05, 3.63) is 17.6 Å². The highest BCUT2D eigenvalue weighted by Gasteiger charge is 2.44. The smallest absolute Gasteiger partial charge is 0.371 e. The molecule has 2 fully saturated rings. The molecule has 8 heteroatoms. The Labute approximate surface area is 135 Å². The van der Waals surface area contributed by atoms with Gasteiger partial charge in [-0.2, -0.15) is 4.31 Å². The zero-order valence-electron chi connectivity index (χ0n) is 13.0. The molecule has 3 rings (SSSR count). The van der Waals surface area contributed by atoms with Crippen LogP contribution in [0.1, 0.15) is 42.5 Å². The third-order valence-electron chi connectivity index (χ3n) is 4.71. The number of hydrogen-bond acceptors (Lipinski definition) is 5. The quantitative estimate of drug-likeness (QED) is 0.874. The van der Waals surface area contributed by atoms with Gasteiger partial charge in [-0.15, -0.1) is 0 Å². The predicted molar refractivity (Wildman–Crippen MR) is 80.9 cm³/mol. The Bertz CT molecular complexity index is 689. The van der Waals surface area contributed by atoms with Crippen LogP contribution >= 0.6 is 0 Å². The first-order valence-electron chi connectivity index (χ1n) is 7.90. The maximum atomic E-state index is 12.9. The number of hydrogen-bond donors (Lipinski definition) is 1. The molecule has 3 heterocycles. The van der Waals surface area contributed by atoms with Crippen LogP contribution in [-0.4, -0.2) is 49.6 Å². The van der Waals surface area contributed by atoms with Crippen LogP contribution in [0.4, 0.5) is 0 Å². The molecule has 1 aromatic rings. The maximum Gasteiger partial charge on any atom is 0.371 e. The zero-order chi connectivity index (χ0) is 16.6. The van der Waals surface area contributed by atoms with E-state index in [9.17, 15) is 13.2 Å². The fourth-order valence-electron chi connectivity index (χ4n) is 3.36. The Morgan fingerprint density at radius 1 is 1.35 bits per heavy atom. The van der Waals surface area contributed by atoms with Gasteiger partial charge in [0.15, 0.2) is 0 Å². The van der Waals surface area contributed by atoms with E-state index in [1.165, 1.54) is 4.31 Å². The van der Waals surface area contributed by atoms with Crippen LogP contribution in [0.2, 0.25) is 0 Å². The number of nitrogens with zero attached hydrogens (tertiary/aromatic N) is 1. The van der Waals surface area contributed by atoms with Gasteiger partial charge in [-0.1, -0.05) is 6.92 Å². The van der Waals surface area contributed by atoms with Crippen molar-refractivity contribution in [1.29, 1.82) is 0 Å². The molecule has 23 heavy (non-hydrogen) atoms. The number of rotatable bonds is 5. The summed E-state index contributed by atoms with van der Waals surface area (Å²) in [5.41, 5.74) is 0. The van der Waals surface area contributed by atoms with Crippen LogP contribution < -0.4 is 0 Å². The van der Waals surface area contributed by atoms with E-state index in [0.717, 1.165) is 25.3 Å². The first kappa shape index (κ1) is 16.5. The molecule has 128 valence electrons. The lowest BCUT2D eigenvalue weighted by Gasteiger charge is -2.45. The van der Waals surface area contributed by atoms with Gasteiger partial charge in [0.25, 0.3) is 0 Å². The lowest BCUT2D eigenvalue weighted by atomic mass is 9.86. The van der Waals surface area contributed by atoms with E-state index in [1.54, 1.807) is 6.92 Å². The third-order valence-corrected chi connectivity index (χ3v) is 6.69. The van der Waals surface area contributed by atoms with Gasteiger partial charge < -0.3 is 14.3 Å². The van der Waals surface area contributed by atoms with Gasteiger partial charge >= 0.3 is 5.97 Å². The zero-order valence-corrected chi connectivity index (χ0v) is 13.8. The fraction of sp³-hybridized carbons (Fsp3) is 0.667. The van der Waals surface area contributed by atoms with Crippen molar-refractivity contribution in [3.63, 3.8) is 0 Å². The molecule has 0 aromatic carbocycles. The molecule has 0 saturated carbocycles.